The van der Waals surface area contributed by atoms with E-state index in [1.807, 2.05) is 35.9 Å². The van der Waals surface area contributed by atoms with Crippen molar-refractivity contribution in [1.29, 1.82) is 0 Å². The van der Waals surface area contributed by atoms with Crippen molar-refractivity contribution in [2.24, 2.45) is 7.05 Å². The Balaban J connectivity index is 1.48. The number of nitrogens with zero attached hydrogens (tertiary/aromatic N) is 5. The highest BCUT2D eigenvalue weighted by molar-refractivity contribution is 6.61. The quantitative estimate of drug-likeness (QED) is 0.542. The summed E-state index contributed by atoms with van der Waals surface area (Å²) < 4.78 is 7.34. The fourth-order valence-electron chi connectivity index (χ4n) is 4.59. The van der Waals surface area contributed by atoms with E-state index in [0.717, 1.165) is 59.6 Å². The maximum Gasteiger partial charge on any atom is 0.491 e. The van der Waals surface area contributed by atoms with Gasteiger partial charge in [-0.2, -0.15) is 0 Å². The topological polar surface area (TPSA) is 67.8 Å². The second kappa shape index (κ2) is 7.60. The molecule has 0 saturated carbocycles. The zero-order chi connectivity index (χ0) is 20.7. The van der Waals surface area contributed by atoms with Gasteiger partial charge in [-0.15, -0.1) is 10.2 Å². The van der Waals surface area contributed by atoms with Gasteiger partial charge in [-0.3, -0.25) is 0 Å². The predicted octanol–water partition coefficient (Wildman–Crippen LogP) is 2.63. The Kier molecular flexibility index (Phi) is 4.77. The minimum atomic E-state index is -0.880. The van der Waals surface area contributed by atoms with Crippen LogP contribution in [0.1, 0.15) is 30.1 Å². The molecule has 2 aromatic carbocycles. The zero-order valence-electron chi connectivity index (χ0n) is 16.8. The maximum absolute atomic E-state index is 10.1. The van der Waals surface area contributed by atoms with Gasteiger partial charge in [0.25, 0.3) is 0 Å². The summed E-state index contributed by atoms with van der Waals surface area (Å²) in [4.78, 5) is 6.13. The molecule has 1 N–H and O–H groups in total. The lowest BCUT2D eigenvalue weighted by molar-refractivity contribution is 0.275. The van der Waals surface area contributed by atoms with Crippen LogP contribution in [-0.2, 0) is 18.3 Å². The van der Waals surface area contributed by atoms with Gasteiger partial charge >= 0.3 is 7.12 Å². The van der Waals surface area contributed by atoms with Gasteiger partial charge in [0.05, 0.1) is 13.2 Å². The molecular weight excluding hydrogens is 377 g/mol. The lowest BCUT2D eigenvalue weighted by Crippen LogP contribution is -2.34. The first-order valence-electron chi connectivity index (χ1n) is 10.2. The van der Waals surface area contributed by atoms with E-state index in [-0.39, 0.29) is 0 Å². The molecule has 3 heterocycles. The minimum absolute atomic E-state index is 0.379. The molecule has 30 heavy (non-hydrogen) atoms. The molecule has 0 atom stereocenters. The van der Waals surface area contributed by atoms with E-state index in [1.54, 1.807) is 6.33 Å². The lowest BCUT2D eigenvalue weighted by Gasteiger charge is -2.35. The van der Waals surface area contributed by atoms with Crippen LogP contribution in [0.3, 0.4) is 0 Å². The Morgan fingerprint density at radius 2 is 2.07 bits per heavy atom. The van der Waals surface area contributed by atoms with Crippen LogP contribution in [-0.4, -0.2) is 40.0 Å². The molecule has 0 aliphatic carbocycles. The van der Waals surface area contributed by atoms with Crippen molar-refractivity contribution in [3.05, 3.63) is 65.5 Å². The van der Waals surface area contributed by atoms with Crippen LogP contribution in [0.4, 0.5) is 11.4 Å². The molecule has 0 radical (unpaired) electrons. The number of aromatic nitrogens is 3. The summed E-state index contributed by atoms with van der Waals surface area (Å²) in [7, 11) is 1.11. The number of piperidine rings is 1. The third-order valence-electron chi connectivity index (χ3n) is 6.18. The summed E-state index contributed by atoms with van der Waals surface area (Å²) >= 11 is 0. The van der Waals surface area contributed by atoms with Crippen molar-refractivity contribution >= 4 is 24.0 Å². The number of benzene rings is 2. The van der Waals surface area contributed by atoms with Crippen LogP contribution < -0.4 is 10.4 Å². The average Bonchev–Trinajstić information content (AvgIpc) is 3.38. The van der Waals surface area contributed by atoms with Gasteiger partial charge in [0.15, 0.2) is 0 Å². The Bertz CT molecular complexity index is 1130. The molecule has 3 aromatic rings. The fraction of sp³-hybridized carbons (Fsp3) is 0.318. The zero-order valence-corrected chi connectivity index (χ0v) is 16.8. The molecule has 0 bridgehead atoms. The second-order valence-electron chi connectivity index (χ2n) is 7.92. The van der Waals surface area contributed by atoms with Crippen LogP contribution in [0, 0.1) is 6.57 Å². The molecule has 2 aliphatic rings. The summed E-state index contributed by atoms with van der Waals surface area (Å²) in [6.45, 7) is 9.86. The van der Waals surface area contributed by atoms with E-state index in [1.165, 1.54) is 0 Å². The first-order valence-corrected chi connectivity index (χ1v) is 10.2. The summed E-state index contributed by atoms with van der Waals surface area (Å²) in [5, 5.41) is 18.4. The van der Waals surface area contributed by atoms with Crippen molar-refractivity contribution in [3.63, 3.8) is 0 Å². The number of fused-ring (bicyclic) bond motifs is 1. The van der Waals surface area contributed by atoms with Crippen molar-refractivity contribution in [2.45, 2.75) is 25.4 Å². The first-order chi connectivity index (χ1) is 14.7. The van der Waals surface area contributed by atoms with Crippen LogP contribution >= 0.6 is 0 Å². The maximum atomic E-state index is 10.1. The largest absolute Gasteiger partial charge is 0.491 e. The number of hydrogen-bond donors (Lipinski definition) is 1. The number of para-hydroxylation sites is 1. The third kappa shape index (κ3) is 3.16. The van der Waals surface area contributed by atoms with Gasteiger partial charge in [0.1, 0.15) is 12.2 Å². The fourth-order valence-corrected chi connectivity index (χ4v) is 4.59. The monoisotopic (exact) mass is 399 g/mol. The van der Waals surface area contributed by atoms with Crippen LogP contribution in [0.5, 0.6) is 0 Å². The molecule has 1 aromatic heterocycles. The molecule has 8 heteroatoms. The van der Waals surface area contributed by atoms with E-state index in [2.05, 4.69) is 32.1 Å². The molecule has 0 amide bonds. The Morgan fingerprint density at radius 3 is 2.80 bits per heavy atom. The van der Waals surface area contributed by atoms with Crippen molar-refractivity contribution in [3.8, 4) is 11.1 Å². The van der Waals surface area contributed by atoms with E-state index in [0.29, 0.717) is 18.2 Å². The molecule has 150 valence electrons. The van der Waals surface area contributed by atoms with Crippen molar-refractivity contribution in [2.75, 3.05) is 18.0 Å². The van der Waals surface area contributed by atoms with E-state index < -0.39 is 7.12 Å². The Labute approximate surface area is 175 Å². The van der Waals surface area contributed by atoms with Crippen LogP contribution in [0.2, 0.25) is 0 Å². The average molecular weight is 399 g/mol. The van der Waals surface area contributed by atoms with E-state index in [4.69, 9.17) is 11.2 Å². The molecule has 1 fully saturated rings. The predicted molar refractivity (Wildman–Crippen MR) is 116 cm³/mol. The molecule has 0 unspecified atom stereocenters. The van der Waals surface area contributed by atoms with E-state index in [9.17, 15) is 5.02 Å². The lowest BCUT2D eigenvalue weighted by atomic mass is 9.78. The Hall–Kier alpha value is -3.15. The van der Waals surface area contributed by atoms with Gasteiger partial charge in [0, 0.05) is 31.7 Å². The number of hydrogen-bond acceptors (Lipinski definition) is 5. The summed E-state index contributed by atoms with van der Waals surface area (Å²) in [6, 6.07) is 11.9. The van der Waals surface area contributed by atoms with Crippen molar-refractivity contribution in [1.82, 2.24) is 14.8 Å². The van der Waals surface area contributed by atoms with Gasteiger partial charge in [-0.1, -0.05) is 36.4 Å². The molecule has 0 spiro atoms. The second-order valence-corrected chi connectivity index (χ2v) is 7.92. The van der Waals surface area contributed by atoms with Crippen LogP contribution in [0.25, 0.3) is 16.0 Å². The number of aryl methyl sites for hydroxylation is 1. The molecule has 5 rings (SSSR count). The molecule has 1 saturated heterocycles. The first kappa shape index (κ1) is 18.9. The van der Waals surface area contributed by atoms with Crippen LogP contribution in [0.15, 0.2) is 42.7 Å². The smallest absolute Gasteiger partial charge is 0.423 e. The summed E-state index contributed by atoms with van der Waals surface area (Å²) in [5.74, 6) is 1.41. The highest BCUT2D eigenvalue weighted by atomic mass is 16.5. The standard InChI is InChI=1S/C22H22BN5O2/c1-24-20-5-3-4-18(16-6-7-17-13-30-23(29)19(17)12-16)21(20)28-10-8-15(9-11-28)22-26-25-14-27(22)2/h3-7,12,14-15,29H,8-11,13H2,2H3. The summed E-state index contributed by atoms with van der Waals surface area (Å²) in [5.41, 5.74) is 5.46. The third-order valence-corrected chi connectivity index (χ3v) is 6.18. The van der Waals surface area contributed by atoms with Crippen molar-refractivity contribution < 1.29 is 9.68 Å². The van der Waals surface area contributed by atoms with Gasteiger partial charge in [0.2, 0.25) is 5.69 Å². The normalized spacial score (nSPS) is 16.6. The molecule has 2 aliphatic heterocycles. The van der Waals surface area contributed by atoms with Gasteiger partial charge < -0.3 is 19.1 Å². The van der Waals surface area contributed by atoms with Gasteiger partial charge in [-0.25, -0.2) is 4.85 Å². The van der Waals surface area contributed by atoms with E-state index >= 15 is 0 Å². The summed E-state index contributed by atoms with van der Waals surface area (Å²) in [6.07, 6.45) is 3.68. The van der Waals surface area contributed by atoms with Gasteiger partial charge in [-0.05, 0) is 35.0 Å². The molecule has 7 nitrogen and oxygen atoms in total. The highest BCUT2D eigenvalue weighted by Crippen LogP contribution is 2.41. The SMILES string of the molecule is [C-]#[N+]c1cccc(-c2ccc3c(c2)B(O)OC3)c1N1CCC(c2nncn2C)CC1. The number of anilines is 1. The molecular formula is C22H22BN5O2. The Morgan fingerprint density at radius 1 is 1.23 bits per heavy atom. The highest BCUT2D eigenvalue weighted by Gasteiger charge is 2.29. The minimum Gasteiger partial charge on any atom is -0.423 e. The number of rotatable bonds is 3.